The van der Waals surface area contributed by atoms with Crippen molar-refractivity contribution in [2.75, 3.05) is 11.5 Å². The van der Waals surface area contributed by atoms with Crippen molar-refractivity contribution in [3.8, 4) is 0 Å². The SMILES string of the molecule is CCCCCCCCCCCCCCCC[n+]1ccc(SCCCCCCCCCCCSc2cc[n+](CCCCCCCCCCCCCCCC)cc2)cc1. The molecule has 0 aliphatic carbocycles. The molecule has 0 bridgehead atoms. The van der Waals surface area contributed by atoms with Crippen LogP contribution >= 0.6 is 23.5 Å². The van der Waals surface area contributed by atoms with Gasteiger partial charge < -0.3 is 0 Å². The molecule has 0 spiro atoms. The van der Waals surface area contributed by atoms with E-state index >= 15 is 0 Å². The molecule has 2 nitrogen and oxygen atoms in total. The second-order valence-electron chi connectivity index (χ2n) is 17.6. The highest BCUT2D eigenvalue weighted by Gasteiger charge is 2.04. The first kappa shape index (κ1) is 52.1. The van der Waals surface area contributed by atoms with E-state index in [4.69, 9.17) is 0 Å². The monoisotopic (exact) mass is 825 g/mol. The number of thioether (sulfide) groups is 2. The molecule has 2 aromatic rings. The lowest BCUT2D eigenvalue weighted by molar-refractivity contribution is -0.697. The van der Waals surface area contributed by atoms with Crippen LogP contribution in [0.1, 0.15) is 251 Å². The van der Waals surface area contributed by atoms with Gasteiger partial charge in [-0.25, -0.2) is 9.13 Å². The summed E-state index contributed by atoms with van der Waals surface area (Å²) in [5.41, 5.74) is 0. The van der Waals surface area contributed by atoms with Crippen molar-refractivity contribution in [1.82, 2.24) is 0 Å². The minimum Gasteiger partial charge on any atom is -0.205 e. The lowest BCUT2D eigenvalue weighted by Crippen LogP contribution is -2.32. The number of aromatic nitrogens is 2. The Morgan fingerprint density at radius 1 is 0.281 bits per heavy atom. The van der Waals surface area contributed by atoms with Crippen LogP contribution in [0.3, 0.4) is 0 Å². The maximum absolute atomic E-state index is 2.39. The summed E-state index contributed by atoms with van der Waals surface area (Å²) in [6, 6.07) is 9.35. The van der Waals surface area contributed by atoms with E-state index in [0.717, 1.165) is 0 Å². The van der Waals surface area contributed by atoms with Gasteiger partial charge in [-0.05, 0) is 37.2 Å². The van der Waals surface area contributed by atoms with Crippen LogP contribution in [-0.2, 0) is 13.1 Å². The lowest BCUT2D eigenvalue weighted by atomic mass is 10.0. The van der Waals surface area contributed by atoms with Gasteiger partial charge in [0.2, 0.25) is 0 Å². The van der Waals surface area contributed by atoms with Crippen LogP contribution in [0, 0.1) is 0 Å². The summed E-state index contributed by atoms with van der Waals surface area (Å²) in [5, 5.41) is 0. The Morgan fingerprint density at radius 3 is 0.737 bits per heavy atom. The molecule has 57 heavy (non-hydrogen) atoms. The predicted molar refractivity (Wildman–Crippen MR) is 257 cm³/mol. The number of hydrogen-bond donors (Lipinski definition) is 0. The molecule has 0 amide bonds. The first-order chi connectivity index (χ1) is 28.3. The smallest absolute Gasteiger partial charge is 0.169 e. The quantitative estimate of drug-likeness (QED) is 0.0373. The fourth-order valence-corrected chi connectivity index (χ4v) is 9.97. The minimum atomic E-state index is 1.18. The molecular formula is C53H96N2S2+2. The number of rotatable bonds is 44. The van der Waals surface area contributed by atoms with Crippen molar-refractivity contribution in [3.63, 3.8) is 0 Å². The number of pyridine rings is 2. The highest BCUT2D eigenvalue weighted by atomic mass is 32.2. The number of unbranched alkanes of at least 4 members (excludes halogenated alkanes) is 34. The highest BCUT2D eigenvalue weighted by Crippen LogP contribution is 2.21. The molecular weight excluding hydrogens is 729 g/mol. The molecule has 0 unspecified atom stereocenters. The third kappa shape index (κ3) is 34.4. The van der Waals surface area contributed by atoms with Gasteiger partial charge in [0.25, 0.3) is 0 Å². The van der Waals surface area contributed by atoms with Crippen molar-refractivity contribution in [2.24, 2.45) is 0 Å². The molecule has 2 heterocycles. The lowest BCUT2D eigenvalue weighted by Gasteiger charge is -2.04. The van der Waals surface area contributed by atoms with Gasteiger partial charge in [-0.3, -0.25) is 0 Å². The first-order valence-corrected chi connectivity index (χ1v) is 27.5. The van der Waals surface area contributed by atoms with Crippen molar-refractivity contribution < 1.29 is 9.13 Å². The van der Waals surface area contributed by atoms with E-state index in [9.17, 15) is 0 Å². The topological polar surface area (TPSA) is 7.76 Å². The van der Waals surface area contributed by atoms with Gasteiger partial charge >= 0.3 is 0 Å². The molecule has 0 aliphatic heterocycles. The van der Waals surface area contributed by atoms with Gasteiger partial charge in [0.1, 0.15) is 13.1 Å². The van der Waals surface area contributed by atoms with Crippen molar-refractivity contribution in [3.05, 3.63) is 49.1 Å². The zero-order chi connectivity index (χ0) is 40.4. The van der Waals surface area contributed by atoms with E-state index < -0.39 is 0 Å². The average molecular weight is 825 g/mol. The van der Waals surface area contributed by atoms with Gasteiger partial charge in [0, 0.05) is 46.9 Å². The molecule has 2 aromatic heterocycles. The summed E-state index contributed by atoms with van der Waals surface area (Å²) in [6.45, 7) is 6.96. The molecule has 2 rings (SSSR count). The number of hydrogen-bond acceptors (Lipinski definition) is 2. The van der Waals surface area contributed by atoms with E-state index in [1.165, 1.54) is 272 Å². The molecule has 0 aliphatic rings. The summed E-state index contributed by atoms with van der Waals surface area (Å²) in [4.78, 5) is 2.88. The minimum absolute atomic E-state index is 1.18. The van der Waals surface area contributed by atoms with Gasteiger partial charge in [-0.15, -0.1) is 23.5 Å². The maximum atomic E-state index is 2.39. The number of nitrogens with zero attached hydrogens (tertiary/aromatic N) is 2. The Hall–Kier alpha value is -1.00. The summed E-state index contributed by atoms with van der Waals surface area (Å²) < 4.78 is 4.78. The number of aryl methyl sites for hydroxylation is 2. The predicted octanol–water partition coefficient (Wildman–Crippen LogP) is 17.6. The molecule has 0 saturated carbocycles. The first-order valence-electron chi connectivity index (χ1n) is 25.6. The summed E-state index contributed by atoms with van der Waals surface area (Å²) in [5.74, 6) is 2.53. The van der Waals surface area contributed by atoms with Crippen molar-refractivity contribution >= 4 is 23.5 Å². The van der Waals surface area contributed by atoms with Gasteiger partial charge in [0.05, 0.1) is 0 Å². The summed E-state index contributed by atoms with van der Waals surface area (Å²) in [6.07, 6.45) is 61.9. The van der Waals surface area contributed by atoms with E-state index in [1.807, 2.05) is 23.5 Å². The molecule has 0 N–H and O–H groups in total. The van der Waals surface area contributed by atoms with Crippen LogP contribution in [0.4, 0.5) is 0 Å². The Balaban J connectivity index is 1.28. The normalized spacial score (nSPS) is 11.5. The van der Waals surface area contributed by atoms with Crippen LogP contribution in [-0.4, -0.2) is 11.5 Å². The highest BCUT2D eigenvalue weighted by molar-refractivity contribution is 7.99. The van der Waals surface area contributed by atoms with Gasteiger partial charge in [-0.2, -0.15) is 0 Å². The summed E-state index contributed by atoms with van der Waals surface area (Å²) >= 11 is 4.10. The fourth-order valence-electron chi connectivity index (χ4n) is 8.18. The Bertz CT molecular complexity index is 986. The second kappa shape index (κ2) is 41.7. The molecule has 0 atom stereocenters. The fraction of sp³-hybridized carbons (Fsp3) is 0.811. The van der Waals surface area contributed by atoms with Gasteiger partial charge in [0.15, 0.2) is 24.8 Å². The van der Waals surface area contributed by atoms with Crippen molar-refractivity contribution in [2.45, 2.75) is 274 Å². The molecule has 0 saturated heterocycles. The third-order valence-corrected chi connectivity index (χ3v) is 14.3. The van der Waals surface area contributed by atoms with E-state index in [2.05, 4.69) is 72.0 Å². The Kier molecular flexibility index (Phi) is 38.2. The molecule has 328 valence electrons. The van der Waals surface area contributed by atoms with Gasteiger partial charge in [-0.1, -0.05) is 213 Å². The van der Waals surface area contributed by atoms with E-state index in [0.29, 0.717) is 0 Å². The Labute approximate surface area is 365 Å². The molecule has 4 heteroatoms. The van der Waals surface area contributed by atoms with E-state index in [-0.39, 0.29) is 0 Å². The van der Waals surface area contributed by atoms with E-state index in [1.54, 1.807) is 0 Å². The summed E-state index contributed by atoms with van der Waals surface area (Å²) in [7, 11) is 0. The van der Waals surface area contributed by atoms with Crippen LogP contribution in [0.25, 0.3) is 0 Å². The van der Waals surface area contributed by atoms with Crippen LogP contribution in [0.5, 0.6) is 0 Å². The maximum Gasteiger partial charge on any atom is 0.169 e. The van der Waals surface area contributed by atoms with Crippen LogP contribution in [0.2, 0.25) is 0 Å². The largest absolute Gasteiger partial charge is 0.205 e. The average Bonchev–Trinajstić information content (AvgIpc) is 3.23. The second-order valence-corrected chi connectivity index (χ2v) is 20.0. The molecule has 0 radical (unpaired) electrons. The molecule has 0 aromatic carbocycles. The Morgan fingerprint density at radius 2 is 0.491 bits per heavy atom. The molecule has 0 fully saturated rings. The zero-order valence-corrected chi connectivity index (χ0v) is 40.0. The van der Waals surface area contributed by atoms with Crippen LogP contribution in [0.15, 0.2) is 58.8 Å². The third-order valence-electron chi connectivity index (χ3n) is 12.1. The van der Waals surface area contributed by atoms with Crippen molar-refractivity contribution in [1.29, 1.82) is 0 Å². The standard InChI is InChI=1S/C53H96N2S2/c1-3-5-7-9-11-13-15-17-19-21-24-28-32-36-44-54-46-40-52(41-47-54)56-50-38-34-30-26-23-27-31-35-39-51-57-53-42-48-55(49-43-53)45-37-33-29-25-22-20-18-16-14-12-10-8-6-4-2/h40-43,46-49H,3-39,44-45,50-51H2,1-2H3/q+2. The van der Waals surface area contributed by atoms with Crippen LogP contribution < -0.4 is 9.13 Å². The zero-order valence-electron chi connectivity index (χ0n) is 38.3.